The number of aryl methyl sites for hydroxylation is 2. The van der Waals surface area contributed by atoms with E-state index in [4.69, 9.17) is 37.0 Å². The van der Waals surface area contributed by atoms with Gasteiger partial charge in [-0.3, -0.25) is 14.4 Å². The smallest absolute Gasteiger partial charge is 0.857 e. The van der Waals surface area contributed by atoms with Crippen molar-refractivity contribution < 1.29 is 115 Å². The molecule has 82 heavy (non-hydrogen) atoms. The van der Waals surface area contributed by atoms with Crippen molar-refractivity contribution in [2.75, 3.05) is 35.0 Å². The molecule has 0 fully saturated rings. The van der Waals surface area contributed by atoms with Crippen molar-refractivity contribution in [3.8, 4) is 51.7 Å². The Morgan fingerprint density at radius 2 is 0.878 bits per heavy atom. The zero-order chi connectivity index (χ0) is 59.9. The first kappa shape index (κ1) is 63.5. The fourth-order valence-corrected chi connectivity index (χ4v) is 7.25. The molecule has 0 atom stereocenters. The molecule has 6 aromatic carbocycles. The number of aliphatic hydroxyl groups is 1. The molecule has 0 radical (unpaired) electrons. The topological polar surface area (TPSA) is 316 Å². The maximum atomic E-state index is 12.1. The van der Waals surface area contributed by atoms with E-state index < -0.39 is 36.3 Å². The number of aliphatic carboxylic acids is 1. The Morgan fingerprint density at radius 3 is 1.24 bits per heavy atom. The number of carbonyl (C=O) groups excluding carboxylic acids is 4. The number of carboxylic acid groups (broad SMARTS) is 1. The van der Waals surface area contributed by atoms with Gasteiger partial charge >= 0.3 is 53.4 Å². The van der Waals surface area contributed by atoms with Crippen LogP contribution >= 0.6 is 0 Å². The number of pyridine rings is 3. The van der Waals surface area contributed by atoms with Gasteiger partial charge in [0.1, 0.15) is 47.6 Å². The summed E-state index contributed by atoms with van der Waals surface area (Å²) in [5, 5.41) is 59.8. The van der Waals surface area contributed by atoms with Gasteiger partial charge in [0.2, 0.25) is 0 Å². The molecular weight excluding hydrogens is 1070 g/mol. The number of carboxylic acids is 1. The standard InChI is InChI=1S/C20H17NO6.C19H16N2O5.C18H15NO4.CH4O.CH3O.CH4.Na/c1-12(22)26-11-17-16-10-14(27-13-6-4-3-5-7-13)8-9-15(16)19(23)18(21-17)20(24)25-2;1-11-15-9-13(26-12-5-3-2-4-6-12)7-8-14(15)18(24)17(21-11)19(25)20-10-16(22)23;1-11-15-10-13(23-12-6-4-3-5-7-12)8-9-14(15)17(20)16(19-11)18(21)22-2;2*1-2;;/h3-10,23H,11H2,1-2H3;2-9,24H,10H2,1H3,(H,20,25)(H,22,23);3-10,20H,1-2H3;2H,1H3;1H3;1H4;/q;;;;-1;;+1/i;2*1D;;;;. The van der Waals surface area contributed by atoms with E-state index in [9.17, 15) is 39.3 Å². The number of ether oxygens (including phenoxy) is 6. The molecule has 9 rings (SSSR count). The minimum absolute atomic E-state index is 0. The van der Waals surface area contributed by atoms with E-state index >= 15 is 0 Å². The third kappa shape index (κ3) is 17.6. The summed E-state index contributed by atoms with van der Waals surface area (Å²) in [6.45, 7) is 0.136. The van der Waals surface area contributed by atoms with E-state index in [0.29, 0.717) is 78.2 Å². The molecule has 1 amide bonds. The summed E-state index contributed by atoms with van der Waals surface area (Å²) in [6.07, 6.45) is 0. The van der Waals surface area contributed by atoms with Gasteiger partial charge in [-0.25, -0.2) is 24.5 Å². The maximum absolute atomic E-state index is 12.1. The molecule has 0 aliphatic heterocycles. The van der Waals surface area contributed by atoms with Crippen molar-refractivity contribution >= 4 is 62.1 Å². The molecule has 9 aromatic rings. The SMILES string of the molecule is C.CO.COC(=O)c1nc(COC(C)=O)c2cc(Oc3ccccc3)ccc2c1O.C[O-].[2H]Cc1nc(C(=O)NCC(=O)O)c(O)c2ccc(Oc3ccccc3)cc12.[2H]Cc1nc(C(=O)OC)c(O)c2ccc(Oc3ccccc3)cc12.[Na+]. The second-order valence-corrected chi connectivity index (χ2v) is 16.0. The van der Waals surface area contributed by atoms with Gasteiger partial charge in [-0.05, 0) is 105 Å². The van der Waals surface area contributed by atoms with Gasteiger partial charge < -0.3 is 64.4 Å². The number of benzene rings is 6. The molecule has 3 aromatic heterocycles. The Kier molecular flexibility index (Phi) is 25.3. The van der Waals surface area contributed by atoms with E-state index in [0.717, 1.165) is 14.2 Å². The molecule has 22 heteroatoms. The largest absolute Gasteiger partial charge is 1.00 e. The van der Waals surface area contributed by atoms with Crippen LogP contribution in [-0.2, 0) is 30.4 Å². The molecule has 0 bridgehead atoms. The van der Waals surface area contributed by atoms with E-state index in [1.165, 1.54) is 21.1 Å². The molecule has 3 heterocycles. The van der Waals surface area contributed by atoms with Crippen LogP contribution in [-0.4, -0.2) is 105 Å². The van der Waals surface area contributed by atoms with Gasteiger partial charge in [0, 0.05) is 60.5 Å². The first-order valence-electron chi connectivity index (χ1n) is 24.9. The van der Waals surface area contributed by atoms with Crippen LogP contribution in [0.25, 0.3) is 32.3 Å². The number of nitrogens with one attached hydrogen (secondary N) is 1. The van der Waals surface area contributed by atoms with E-state index in [-0.39, 0.29) is 97.4 Å². The first-order valence-corrected chi connectivity index (χ1v) is 23.5. The minimum atomic E-state index is -1.22. The molecule has 0 spiro atoms. The van der Waals surface area contributed by atoms with Crippen LogP contribution in [0.4, 0.5) is 0 Å². The zero-order valence-electron chi connectivity index (χ0n) is 46.7. The normalized spacial score (nSPS) is 10.2. The van der Waals surface area contributed by atoms with Crippen molar-refractivity contribution in [3.63, 3.8) is 0 Å². The Labute approximate surface area is 496 Å². The number of hydrogen-bond donors (Lipinski definition) is 6. The van der Waals surface area contributed by atoms with Gasteiger partial charge in [-0.2, -0.15) is 7.11 Å². The fraction of sp³-hybridized carbons (Fsp3) is 0.167. The molecule has 0 saturated carbocycles. The first-order chi connectivity index (χ1) is 39.6. The number of carbonyl (C=O) groups is 5. The van der Waals surface area contributed by atoms with Crippen molar-refractivity contribution in [1.82, 2.24) is 20.3 Å². The third-order valence-corrected chi connectivity index (χ3v) is 10.8. The van der Waals surface area contributed by atoms with Crippen molar-refractivity contribution in [3.05, 3.63) is 180 Å². The number of methoxy groups -OCH3 is 2. The second-order valence-electron chi connectivity index (χ2n) is 16.0. The van der Waals surface area contributed by atoms with Crippen molar-refractivity contribution in [2.24, 2.45) is 0 Å². The van der Waals surface area contributed by atoms with Gasteiger partial charge in [0.25, 0.3) is 5.91 Å². The summed E-state index contributed by atoms with van der Waals surface area (Å²) in [5.74, 6) is -1.52. The van der Waals surface area contributed by atoms with Crippen LogP contribution in [0.5, 0.6) is 51.7 Å². The molecule has 0 saturated heterocycles. The fourth-order valence-electron chi connectivity index (χ4n) is 7.25. The number of fused-ring (bicyclic) bond motifs is 3. The summed E-state index contributed by atoms with van der Waals surface area (Å²) in [7, 11) is 4.15. The van der Waals surface area contributed by atoms with E-state index in [1.807, 2.05) is 66.7 Å². The quantitative estimate of drug-likeness (QED) is 0.0408. The predicted octanol–water partition coefficient (Wildman–Crippen LogP) is 6.49. The molecule has 6 N–H and O–H groups in total. The molecule has 21 nitrogen and oxygen atoms in total. The average Bonchev–Trinajstić information content (AvgIpc) is 3.70. The molecular formula is C60H59N4NaO17. The summed E-state index contributed by atoms with van der Waals surface area (Å²) < 4.78 is 46.9. The number of esters is 3. The van der Waals surface area contributed by atoms with Crippen LogP contribution in [0.3, 0.4) is 0 Å². The Hall–Kier alpha value is -9.38. The number of para-hydroxylation sites is 3. The Morgan fingerprint density at radius 1 is 0.524 bits per heavy atom. The van der Waals surface area contributed by atoms with Gasteiger partial charge in [0.15, 0.2) is 34.3 Å². The summed E-state index contributed by atoms with van der Waals surface area (Å²) >= 11 is 0. The Bertz CT molecular complexity index is 3680. The summed E-state index contributed by atoms with van der Waals surface area (Å²) in [5.41, 5.74) is 0.177. The van der Waals surface area contributed by atoms with Crippen LogP contribution in [0, 0.1) is 13.8 Å². The van der Waals surface area contributed by atoms with Gasteiger partial charge in [-0.1, -0.05) is 62.0 Å². The second kappa shape index (κ2) is 32.6. The zero-order valence-corrected chi connectivity index (χ0v) is 46.7. The maximum Gasteiger partial charge on any atom is 1.00 e. The summed E-state index contributed by atoms with van der Waals surface area (Å²) in [6, 6.07) is 42.3. The van der Waals surface area contributed by atoms with Crippen molar-refractivity contribution in [1.29, 1.82) is 0 Å². The third-order valence-electron chi connectivity index (χ3n) is 10.8. The van der Waals surface area contributed by atoms with Crippen molar-refractivity contribution in [2.45, 2.75) is 34.8 Å². The minimum Gasteiger partial charge on any atom is -0.857 e. The van der Waals surface area contributed by atoms with E-state index in [2.05, 4.69) is 29.7 Å². The van der Waals surface area contributed by atoms with Gasteiger partial charge in [-0.15, -0.1) is 0 Å². The number of rotatable bonds is 13. The average molecular weight is 1130 g/mol. The number of aromatic nitrogens is 3. The molecule has 0 aliphatic carbocycles. The van der Waals surface area contributed by atoms with Crippen LogP contribution in [0.1, 0.15) is 65.6 Å². The van der Waals surface area contributed by atoms with Crippen LogP contribution in [0.2, 0.25) is 0 Å². The van der Waals surface area contributed by atoms with Gasteiger partial charge in [0.05, 0.1) is 19.9 Å². The summed E-state index contributed by atoms with van der Waals surface area (Å²) in [4.78, 5) is 69.8. The molecule has 422 valence electrons. The van der Waals surface area contributed by atoms with Crippen LogP contribution in [0.15, 0.2) is 146 Å². The molecule has 0 aliphatic rings. The number of amides is 1. The predicted molar refractivity (Wildman–Crippen MR) is 298 cm³/mol. The number of aromatic hydroxyl groups is 3. The van der Waals surface area contributed by atoms with Crippen LogP contribution < -0.4 is 54.2 Å². The van der Waals surface area contributed by atoms with E-state index in [1.54, 1.807) is 78.9 Å². The number of aliphatic hydroxyl groups excluding tert-OH is 1. The molecule has 0 unspecified atom stereocenters. The number of nitrogens with zero attached hydrogens (tertiary/aromatic N) is 3. The number of hydrogen-bond acceptors (Lipinski definition) is 19. The monoisotopic (exact) mass is 1130 g/mol. The Balaban J connectivity index is 0.000000317.